The van der Waals surface area contributed by atoms with Gasteiger partial charge in [-0.1, -0.05) is 18.2 Å². The Labute approximate surface area is 123 Å². The van der Waals surface area contributed by atoms with Crippen molar-refractivity contribution in [2.24, 2.45) is 5.73 Å². The van der Waals surface area contributed by atoms with E-state index in [9.17, 15) is 4.39 Å². The first kappa shape index (κ1) is 14.8. The Morgan fingerprint density at radius 1 is 1.24 bits per heavy atom. The van der Waals surface area contributed by atoms with Crippen molar-refractivity contribution in [3.05, 3.63) is 59.4 Å². The van der Waals surface area contributed by atoms with Crippen LogP contribution in [0, 0.1) is 11.2 Å². The molecule has 0 fully saturated rings. The lowest BCUT2D eigenvalue weighted by Gasteiger charge is -2.22. The highest BCUT2D eigenvalue weighted by Crippen LogP contribution is 2.23. The summed E-state index contributed by atoms with van der Waals surface area (Å²) in [6.45, 7) is 0.577. The summed E-state index contributed by atoms with van der Waals surface area (Å²) in [5.74, 6) is 0.0304. The molecule has 4 nitrogen and oxygen atoms in total. The molecule has 0 aliphatic heterocycles. The molecule has 0 aromatic heterocycles. The van der Waals surface area contributed by atoms with Gasteiger partial charge in [-0.3, -0.25) is 5.41 Å². The first-order valence-corrected chi connectivity index (χ1v) is 6.50. The van der Waals surface area contributed by atoms with Gasteiger partial charge in [-0.05, 0) is 29.8 Å². The van der Waals surface area contributed by atoms with E-state index in [0.29, 0.717) is 12.2 Å². The van der Waals surface area contributed by atoms with Crippen LogP contribution in [-0.4, -0.2) is 20.0 Å². The zero-order valence-electron chi connectivity index (χ0n) is 12.1. The van der Waals surface area contributed by atoms with Gasteiger partial charge in [0.15, 0.2) is 0 Å². The number of anilines is 1. The Morgan fingerprint density at radius 2 is 1.90 bits per heavy atom. The van der Waals surface area contributed by atoms with E-state index in [0.717, 1.165) is 11.3 Å². The highest BCUT2D eigenvalue weighted by molar-refractivity contribution is 6.00. The quantitative estimate of drug-likeness (QED) is 0.656. The standard InChI is InChI=1S/C16H18FN3O/c1-20(10-11-6-8-12(21-2)9-7-11)14-5-3-4-13(17)15(14)16(18)19/h3-9H,10H2,1-2H3,(H3,18,19). The van der Waals surface area contributed by atoms with E-state index in [4.69, 9.17) is 15.9 Å². The van der Waals surface area contributed by atoms with Crippen molar-refractivity contribution >= 4 is 11.5 Å². The van der Waals surface area contributed by atoms with Gasteiger partial charge in [0.1, 0.15) is 17.4 Å². The van der Waals surface area contributed by atoms with E-state index in [1.165, 1.54) is 6.07 Å². The van der Waals surface area contributed by atoms with Gasteiger partial charge < -0.3 is 15.4 Å². The summed E-state index contributed by atoms with van der Waals surface area (Å²) in [4.78, 5) is 1.86. The van der Waals surface area contributed by atoms with Crippen molar-refractivity contribution in [3.8, 4) is 5.75 Å². The van der Waals surface area contributed by atoms with E-state index in [-0.39, 0.29) is 11.4 Å². The fourth-order valence-electron chi connectivity index (χ4n) is 2.19. The maximum atomic E-state index is 13.8. The third-order valence-corrected chi connectivity index (χ3v) is 3.25. The molecule has 0 radical (unpaired) electrons. The van der Waals surface area contributed by atoms with E-state index in [1.807, 2.05) is 36.2 Å². The molecule has 0 heterocycles. The van der Waals surface area contributed by atoms with Gasteiger partial charge in [0.05, 0.1) is 18.4 Å². The molecular weight excluding hydrogens is 269 g/mol. The molecule has 2 aromatic rings. The Kier molecular flexibility index (Phi) is 4.42. The molecule has 0 aliphatic carbocycles. The molecule has 0 bridgehead atoms. The Hall–Kier alpha value is -2.56. The average Bonchev–Trinajstić information content (AvgIpc) is 2.47. The van der Waals surface area contributed by atoms with Gasteiger partial charge >= 0.3 is 0 Å². The second-order valence-electron chi connectivity index (χ2n) is 4.75. The third kappa shape index (κ3) is 3.31. The van der Waals surface area contributed by atoms with Crippen molar-refractivity contribution in [1.29, 1.82) is 5.41 Å². The van der Waals surface area contributed by atoms with Crippen LogP contribution >= 0.6 is 0 Å². The first-order valence-electron chi connectivity index (χ1n) is 6.50. The molecule has 110 valence electrons. The van der Waals surface area contributed by atoms with Gasteiger partial charge in [-0.2, -0.15) is 0 Å². The van der Waals surface area contributed by atoms with Crippen molar-refractivity contribution < 1.29 is 9.13 Å². The minimum absolute atomic E-state index is 0.133. The van der Waals surface area contributed by atoms with E-state index >= 15 is 0 Å². The number of hydrogen-bond acceptors (Lipinski definition) is 3. The van der Waals surface area contributed by atoms with Gasteiger partial charge in [0, 0.05) is 13.6 Å². The molecule has 2 rings (SSSR count). The molecule has 0 spiro atoms. The van der Waals surface area contributed by atoms with Crippen LogP contribution in [0.4, 0.5) is 10.1 Å². The maximum Gasteiger partial charge on any atom is 0.136 e. The lowest BCUT2D eigenvalue weighted by molar-refractivity contribution is 0.414. The van der Waals surface area contributed by atoms with Gasteiger partial charge in [0.25, 0.3) is 0 Å². The molecule has 3 N–H and O–H groups in total. The third-order valence-electron chi connectivity index (χ3n) is 3.25. The molecular formula is C16H18FN3O. The number of halogens is 1. The SMILES string of the molecule is COc1ccc(CN(C)c2cccc(F)c2C(=N)N)cc1. The molecule has 0 amide bonds. The molecule has 2 aromatic carbocycles. The minimum Gasteiger partial charge on any atom is -0.497 e. The van der Waals surface area contributed by atoms with Crippen LogP contribution in [0.1, 0.15) is 11.1 Å². The van der Waals surface area contributed by atoms with Crippen LogP contribution in [0.15, 0.2) is 42.5 Å². The number of hydrogen-bond donors (Lipinski definition) is 2. The number of nitrogens with two attached hydrogens (primary N) is 1. The predicted molar refractivity (Wildman–Crippen MR) is 82.5 cm³/mol. The van der Waals surface area contributed by atoms with Crippen molar-refractivity contribution in [1.82, 2.24) is 0 Å². The molecule has 21 heavy (non-hydrogen) atoms. The van der Waals surface area contributed by atoms with Crippen LogP contribution in [0.5, 0.6) is 5.75 Å². The first-order chi connectivity index (χ1) is 10.0. The van der Waals surface area contributed by atoms with Crippen molar-refractivity contribution in [2.75, 3.05) is 19.1 Å². The second kappa shape index (κ2) is 6.26. The smallest absolute Gasteiger partial charge is 0.136 e. The highest BCUT2D eigenvalue weighted by atomic mass is 19.1. The molecule has 0 saturated heterocycles. The molecule has 0 aliphatic rings. The largest absolute Gasteiger partial charge is 0.497 e. The molecule has 5 heteroatoms. The van der Waals surface area contributed by atoms with Crippen LogP contribution < -0.4 is 15.4 Å². The van der Waals surface area contributed by atoms with Crippen LogP contribution in [-0.2, 0) is 6.54 Å². The second-order valence-corrected chi connectivity index (χ2v) is 4.75. The van der Waals surface area contributed by atoms with Crippen LogP contribution in [0.2, 0.25) is 0 Å². The topological polar surface area (TPSA) is 62.3 Å². The minimum atomic E-state index is -0.485. The number of amidine groups is 1. The maximum absolute atomic E-state index is 13.8. The number of rotatable bonds is 5. The van der Waals surface area contributed by atoms with Gasteiger partial charge in [-0.25, -0.2) is 4.39 Å². The van der Waals surface area contributed by atoms with E-state index in [1.54, 1.807) is 19.2 Å². The van der Waals surface area contributed by atoms with Crippen LogP contribution in [0.25, 0.3) is 0 Å². The summed E-state index contributed by atoms with van der Waals surface area (Å²) in [5, 5.41) is 7.54. The summed E-state index contributed by atoms with van der Waals surface area (Å²) in [6.07, 6.45) is 0. The summed E-state index contributed by atoms with van der Waals surface area (Å²) in [7, 11) is 3.46. The van der Waals surface area contributed by atoms with Crippen molar-refractivity contribution in [2.45, 2.75) is 6.54 Å². The summed E-state index contributed by atoms with van der Waals surface area (Å²) in [5.41, 5.74) is 7.27. The Bertz CT molecular complexity index is 640. The summed E-state index contributed by atoms with van der Waals surface area (Å²) >= 11 is 0. The van der Waals surface area contributed by atoms with Crippen LogP contribution in [0.3, 0.4) is 0 Å². The number of nitrogens with zero attached hydrogens (tertiary/aromatic N) is 1. The summed E-state index contributed by atoms with van der Waals surface area (Å²) < 4.78 is 19.0. The zero-order chi connectivity index (χ0) is 15.4. The Morgan fingerprint density at radius 3 is 2.48 bits per heavy atom. The zero-order valence-corrected chi connectivity index (χ0v) is 12.1. The number of ether oxygens (including phenoxy) is 1. The van der Waals surface area contributed by atoms with Crippen molar-refractivity contribution in [3.63, 3.8) is 0 Å². The molecule has 0 unspecified atom stereocenters. The number of nitrogens with one attached hydrogen (secondary N) is 1. The fraction of sp³-hybridized carbons (Fsp3) is 0.188. The van der Waals surface area contributed by atoms with E-state index < -0.39 is 5.82 Å². The average molecular weight is 287 g/mol. The monoisotopic (exact) mass is 287 g/mol. The fourth-order valence-corrected chi connectivity index (χ4v) is 2.19. The lowest BCUT2D eigenvalue weighted by atomic mass is 10.1. The Balaban J connectivity index is 2.25. The number of benzene rings is 2. The summed E-state index contributed by atoms with van der Waals surface area (Å²) in [6, 6.07) is 12.3. The molecule has 0 saturated carbocycles. The van der Waals surface area contributed by atoms with Gasteiger partial charge in [-0.15, -0.1) is 0 Å². The van der Waals surface area contributed by atoms with E-state index in [2.05, 4.69) is 0 Å². The predicted octanol–water partition coefficient (Wildman–Crippen LogP) is 2.75. The number of methoxy groups -OCH3 is 1. The highest BCUT2D eigenvalue weighted by Gasteiger charge is 2.14. The lowest BCUT2D eigenvalue weighted by Crippen LogP contribution is -2.23. The number of nitrogen functional groups attached to an aromatic ring is 1. The molecule has 0 atom stereocenters. The van der Waals surface area contributed by atoms with Gasteiger partial charge in [0.2, 0.25) is 0 Å². The normalized spacial score (nSPS) is 10.2.